The number of nitrogens with one attached hydrogen (secondary N) is 2. The summed E-state index contributed by atoms with van der Waals surface area (Å²) in [5, 5.41) is 19.0. The molecule has 1 heterocycles. The quantitative estimate of drug-likeness (QED) is 0.655. The first-order valence-electron chi connectivity index (χ1n) is 9.17. The molecule has 0 atom stereocenters. The Balaban J connectivity index is 2.16. The molecule has 2 aromatic rings. The summed E-state index contributed by atoms with van der Waals surface area (Å²) in [6.45, 7) is 7.71. The number of benzene rings is 1. The second kappa shape index (κ2) is 8.70. The molecule has 7 nitrogen and oxygen atoms in total. The normalized spacial score (nSPS) is 11.3. The Kier molecular flexibility index (Phi) is 6.60. The summed E-state index contributed by atoms with van der Waals surface area (Å²) in [5.41, 5.74) is 3.05. The van der Waals surface area contributed by atoms with Crippen molar-refractivity contribution >= 4 is 17.7 Å². The molecule has 0 fully saturated rings. The van der Waals surface area contributed by atoms with E-state index in [-0.39, 0.29) is 12.5 Å². The highest BCUT2D eigenvalue weighted by Gasteiger charge is 2.22. The van der Waals surface area contributed by atoms with E-state index in [0.29, 0.717) is 12.1 Å². The number of aromatic nitrogens is 2. The van der Waals surface area contributed by atoms with Gasteiger partial charge in [0.05, 0.1) is 23.3 Å². The minimum Gasteiger partial charge on any atom is -0.481 e. The first-order valence-corrected chi connectivity index (χ1v) is 9.17. The van der Waals surface area contributed by atoms with Gasteiger partial charge in [-0.2, -0.15) is 5.10 Å². The van der Waals surface area contributed by atoms with E-state index in [1.54, 1.807) is 20.0 Å². The largest absolute Gasteiger partial charge is 0.481 e. The van der Waals surface area contributed by atoms with E-state index < -0.39 is 11.5 Å². The number of urea groups is 1. The fraction of sp³-hybridized carbons (Fsp3) is 0.450. The van der Waals surface area contributed by atoms with Crippen molar-refractivity contribution in [2.24, 2.45) is 0 Å². The second-order valence-electron chi connectivity index (χ2n) is 7.36. The Hall–Kier alpha value is -2.83. The number of rotatable bonds is 8. The number of carboxylic acids is 1. The van der Waals surface area contributed by atoms with Crippen molar-refractivity contribution in [3.05, 3.63) is 41.7 Å². The molecule has 146 valence electrons. The average Bonchev–Trinajstić information content (AvgIpc) is 2.95. The lowest BCUT2D eigenvalue weighted by molar-refractivity contribution is -0.137. The lowest BCUT2D eigenvalue weighted by atomic mass is 9.99. The zero-order valence-corrected chi connectivity index (χ0v) is 16.4. The topological polar surface area (TPSA) is 96.2 Å². The Morgan fingerprint density at radius 3 is 2.67 bits per heavy atom. The molecule has 0 aliphatic rings. The van der Waals surface area contributed by atoms with Crippen LogP contribution in [0.15, 0.2) is 30.5 Å². The summed E-state index contributed by atoms with van der Waals surface area (Å²) in [6, 6.07) is 7.67. The minimum absolute atomic E-state index is 0.000342. The van der Waals surface area contributed by atoms with E-state index in [4.69, 9.17) is 5.11 Å². The van der Waals surface area contributed by atoms with Crippen LogP contribution in [-0.4, -0.2) is 32.4 Å². The van der Waals surface area contributed by atoms with Gasteiger partial charge in [0, 0.05) is 12.0 Å². The Bertz CT molecular complexity index is 811. The van der Waals surface area contributed by atoms with Gasteiger partial charge in [-0.05, 0) is 51.3 Å². The van der Waals surface area contributed by atoms with Crippen LogP contribution in [0, 0.1) is 6.92 Å². The van der Waals surface area contributed by atoms with Crippen LogP contribution in [0.25, 0.3) is 5.69 Å². The number of carboxylic acid groups (broad SMARTS) is 1. The number of hydrogen-bond acceptors (Lipinski definition) is 3. The van der Waals surface area contributed by atoms with Crippen LogP contribution in [0.5, 0.6) is 0 Å². The standard InChI is InChI=1S/C20H28N4O3/c1-5-7-17-16(13-21-24(17)15-9-6-8-14(2)12-15)22-19(27)23-20(3,4)11-10-18(25)26/h6,8-9,12-13H,5,7,10-11H2,1-4H3,(H,25,26)(H2,22,23,27). The van der Waals surface area contributed by atoms with Gasteiger partial charge in [-0.1, -0.05) is 25.5 Å². The molecule has 0 unspecified atom stereocenters. The van der Waals surface area contributed by atoms with Gasteiger partial charge in [0.25, 0.3) is 0 Å². The van der Waals surface area contributed by atoms with Crippen LogP contribution in [0.3, 0.4) is 0 Å². The maximum absolute atomic E-state index is 12.4. The molecule has 27 heavy (non-hydrogen) atoms. The highest BCUT2D eigenvalue weighted by molar-refractivity contribution is 5.90. The molecule has 2 rings (SSSR count). The van der Waals surface area contributed by atoms with E-state index in [9.17, 15) is 9.59 Å². The van der Waals surface area contributed by atoms with Crippen LogP contribution in [-0.2, 0) is 11.2 Å². The molecule has 0 aliphatic carbocycles. The van der Waals surface area contributed by atoms with Crippen molar-refractivity contribution in [2.75, 3.05) is 5.32 Å². The van der Waals surface area contributed by atoms with Crippen molar-refractivity contribution in [3.63, 3.8) is 0 Å². The van der Waals surface area contributed by atoms with Gasteiger partial charge >= 0.3 is 12.0 Å². The molecule has 3 N–H and O–H groups in total. The maximum Gasteiger partial charge on any atom is 0.319 e. The summed E-state index contributed by atoms with van der Waals surface area (Å²) in [4.78, 5) is 23.2. The highest BCUT2D eigenvalue weighted by Crippen LogP contribution is 2.22. The predicted octanol–water partition coefficient (Wildman–Crippen LogP) is 3.90. The Morgan fingerprint density at radius 1 is 1.30 bits per heavy atom. The van der Waals surface area contributed by atoms with E-state index >= 15 is 0 Å². The van der Waals surface area contributed by atoms with Gasteiger partial charge < -0.3 is 15.7 Å². The molecular weight excluding hydrogens is 344 g/mol. The van der Waals surface area contributed by atoms with E-state index in [1.165, 1.54) is 0 Å². The van der Waals surface area contributed by atoms with Crippen molar-refractivity contribution in [2.45, 2.75) is 58.9 Å². The number of nitrogens with zero attached hydrogens (tertiary/aromatic N) is 2. The van der Waals surface area contributed by atoms with Crippen molar-refractivity contribution in [1.29, 1.82) is 0 Å². The van der Waals surface area contributed by atoms with Gasteiger partial charge in [0.15, 0.2) is 0 Å². The molecule has 0 saturated carbocycles. The number of aliphatic carboxylic acids is 1. The van der Waals surface area contributed by atoms with Crippen molar-refractivity contribution in [1.82, 2.24) is 15.1 Å². The molecule has 0 saturated heterocycles. The molecule has 1 aromatic heterocycles. The third-order valence-electron chi connectivity index (χ3n) is 4.27. The number of carbonyl (C=O) groups is 2. The summed E-state index contributed by atoms with van der Waals surface area (Å²) >= 11 is 0. The van der Waals surface area contributed by atoms with Gasteiger partial charge in [-0.15, -0.1) is 0 Å². The van der Waals surface area contributed by atoms with Gasteiger partial charge in [-0.3, -0.25) is 4.79 Å². The third kappa shape index (κ3) is 5.84. The van der Waals surface area contributed by atoms with E-state index in [2.05, 4.69) is 22.7 Å². The zero-order valence-electron chi connectivity index (χ0n) is 16.4. The highest BCUT2D eigenvalue weighted by atomic mass is 16.4. The first-order chi connectivity index (χ1) is 12.7. The second-order valence-corrected chi connectivity index (χ2v) is 7.36. The zero-order chi connectivity index (χ0) is 20.0. The van der Waals surface area contributed by atoms with E-state index in [1.807, 2.05) is 35.9 Å². The number of amides is 2. The minimum atomic E-state index is -0.880. The number of aryl methyl sites for hydroxylation is 1. The molecule has 1 aromatic carbocycles. The van der Waals surface area contributed by atoms with Crippen LogP contribution in [0.2, 0.25) is 0 Å². The van der Waals surface area contributed by atoms with Crippen molar-refractivity contribution in [3.8, 4) is 5.69 Å². The molecular formula is C20H28N4O3. The Morgan fingerprint density at radius 2 is 2.04 bits per heavy atom. The van der Waals surface area contributed by atoms with Gasteiger partial charge in [0.2, 0.25) is 0 Å². The molecule has 0 spiro atoms. The smallest absolute Gasteiger partial charge is 0.319 e. The van der Waals surface area contributed by atoms with E-state index in [0.717, 1.165) is 29.8 Å². The monoisotopic (exact) mass is 372 g/mol. The summed E-state index contributed by atoms with van der Waals surface area (Å²) in [5.74, 6) is -0.880. The van der Waals surface area contributed by atoms with Gasteiger partial charge in [-0.25, -0.2) is 9.48 Å². The summed E-state index contributed by atoms with van der Waals surface area (Å²) < 4.78 is 1.85. The molecule has 0 radical (unpaired) electrons. The number of carbonyl (C=O) groups excluding carboxylic acids is 1. The molecule has 0 bridgehead atoms. The summed E-state index contributed by atoms with van der Waals surface area (Å²) in [7, 11) is 0. The van der Waals surface area contributed by atoms with Crippen LogP contribution >= 0.6 is 0 Å². The lowest BCUT2D eigenvalue weighted by Crippen LogP contribution is -2.45. The fourth-order valence-electron chi connectivity index (χ4n) is 2.88. The fourth-order valence-corrected chi connectivity index (χ4v) is 2.88. The van der Waals surface area contributed by atoms with Crippen LogP contribution in [0.1, 0.15) is 51.3 Å². The third-order valence-corrected chi connectivity index (χ3v) is 4.27. The predicted molar refractivity (Wildman–Crippen MR) is 105 cm³/mol. The average molecular weight is 372 g/mol. The van der Waals surface area contributed by atoms with Crippen LogP contribution in [0.4, 0.5) is 10.5 Å². The number of hydrogen-bond donors (Lipinski definition) is 3. The lowest BCUT2D eigenvalue weighted by Gasteiger charge is -2.25. The SMILES string of the molecule is CCCc1c(NC(=O)NC(C)(C)CCC(=O)O)cnn1-c1cccc(C)c1. The first kappa shape index (κ1) is 20.5. The summed E-state index contributed by atoms with van der Waals surface area (Å²) in [6.07, 6.45) is 3.68. The maximum atomic E-state index is 12.4. The molecule has 7 heteroatoms. The van der Waals surface area contributed by atoms with Crippen molar-refractivity contribution < 1.29 is 14.7 Å². The Labute approximate surface area is 159 Å². The molecule has 2 amide bonds. The van der Waals surface area contributed by atoms with Gasteiger partial charge in [0.1, 0.15) is 0 Å². The molecule has 0 aliphatic heterocycles. The van der Waals surface area contributed by atoms with Crippen LogP contribution < -0.4 is 10.6 Å². The number of anilines is 1.